The van der Waals surface area contributed by atoms with Crippen LogP contribution in [0.15, 0.2) is 85.1 Å². The molecular weight excluding hydrogens is 827 g/mol. The second-order valence-corrected chi connectivity index (χ2v) is 19.0. The molecule has 386 valence electrons. The van der Waals surface area contributed by atoms with Crippen LogP contribution in [0.4, 0.5) is 0 Å². The average molecular weight is 935 g/mol. The van der Waals surface area contributed by atoms with Gasteiger partial charge in [-0.1, -0.05) is 228 Å². The van der Waals surface area contributed by atoms with Gasteiger partial charge in [0.05, 0.1) is 25.2 Å². The highest BCUT2D eigenvalue weighted by molar-refractivity contribution is 5.77. The van der Waals surface area contributed by atoms with Crippen molar-refractivity contribution in [2.75, 3.05) is 6.61 Å². The Morgan fingerprint density at radius 2 is 0.761 bits per heavy atom. The molecule has 6 nitrogen and oxygen atoms in total. The fourth-order valence-electron chi connectivity index (χ4n) is 8.13. The Morgan fingerprint density at radius 1 is 0.433 bits per heavy atom. The third-order valence-electron chi connectivity index (χ3n) is 12.4. The van der Waals surface area contributed by atoms with Gasteiger partial charge in [0.1, 0.15) is 6.10 Å². The summed E-state index contributed by atoms with van der Waals surface area (Å²) in [6.45, 7) is 6.42. The van der Waals surface area contributed by atoms with E-state index in [0.717, 1.165) is 109 Å². The fourth-order valence-corrected chi connectivity index (χ4v) is 8.13. The Kier molecular flexibility index (Phi) is 51.6. The minimum Gasteiger partial charge on any atom is -0.462 e. The van der Waals surface area contributed by atoms with Crippen molar-refractivity contribution >= 4 is 11.9 Å². The standard InChI is InChI=1S/C61H107NO5/c1-4-7-10-13-16-19-22-25-27-29-30-32-34-36-39-42-45-48-51-54-61(66)67-57(52-49-46-43-40-37-35-33-31-28-26-23-20-17-14-11-8-5-2)55-60(65)62-58(56-63)59(64)53-50-47-44-41-38-24-21-18-15-12-9-6-3/h16-17,19-20,25-28,30,32-33,35-36,39,57-59,63-64H,4-15,18,21-24,29,31,34,37-38,40-56H2,1-3H3,(H,62,65)/b19-16-,20-17-,27-25-,28-26-,32-30-,35-33-,39-36-. The lowest BCUT2D eigenvalue weighted by atomic mass is 10.0. The van der Waals surface area contributed by atoms with Gasteiger partial charge < -0.3 is 20.3 Å². The predicted molar refractivity (Wildman–Crippen MR) is 291 cm³/mol. The van der Waals surface area contributed by atoms with Crippen LogP contribution in [-0.4, -0.2) is 46.9 Å². The number of hydrogen-bond donors (Lipinski definition) is 3. The first-order valence-corrected chi connectivity index (χ1v) is 28.3. The highest BCUT2D eigenvalue weighted by atomic mass is 16.5. The molecule has 0 aromatic rings. The van der Waals surface area contributed by atoms with Gasteiger partial charge >= 0.3 is 5.97 Å². The molecule has 3 atom stereocenters. The van der Waals surface area contributed by atoms with Crippen LogP contribution in [0.25, 0.3) is 0 Å². The molecule has 1 amide bonds. The summed E-state index contributed by atoms with van der Waals surface area (Å²) in [4.78, 5) is 26.3. The van der Waals surface area contributed by atoms with E-state index in [4.69, 9.17) is 4.74 Å². The first-order valence-electron chi connectivity index (χ1n) is 28.3. The first-order chi connectivity index (χ1) is 33.0. The van der Waals surface area contributed by atoms with Gasteiger partial charge in [-0.25, -0.2) is 0 Å². The summed E-state index contributed by atoms with van der Waals surface area (Å²) in [6.07, 6.45) is 70.7. The van der Waals surface area contributed by atoms with Crippen molar-refractivity contribution in [3.05, 3.63) is 85.1 Å². The third kappa shape index (κ3) is 49.3. The van der Waals surface area contributed by atoms with Crippen LogP contribution in [0.1, 0.15) is 265 Å². The summed E-state index contributed by atoms with van der Waals surface area (Å²) in [5, 5.41) is 23.8. The van der Waals surface area contributed by atoms with E-state index >= 15 is 0 Å². The Balaban J connectivity index is 4.69. The van der Waals surface area contributed by atoms with Crippen molar-refractivity contribution in [1.82, 2.24) is 5.32 Å². The van der Waals surface area contributed by atoms with Crippen molar-refractivity contribution in [1.29, 1.82) is 0 Å². The topological polar surface area (TPSA) is 95.9 Å². The highest BCUT2D eigenvalue weighted by Gasteiger charge is 2.24. The van der Waals surface area contributed by atoms with E-state index in [1.54, 1.807) is 0 Å². The molecule has 0 aliphatic rings. The number of carbonyl (C=O) groups is 2. The van der Waals surface area contributed by atoms with Gasteiger partial charge in [0.15, 0.2) is 0 Å². The summed E-state index contributed by atoms with van der Waals surface area (Å²) in [6, 6.07) is -0.720. The van der Waals surface area contributed by atoms with E-state index < -0.39 is 18.2 Å². The Bertz CT molecular complexity index is 1280. The fraction of sp³-hybridized carbons (Fsp3) is 0.738. The van der Waals surface area contributed by atoms with Gasteiger partial charge in [-0.2, -0.15) is 0 Å². The van der Waals surface area contributed by atoms with E-state index in [1.165, 1.54) is 109 Å². The van der Waals surface area contributed by atoms with Crippen molar-refractivity contribution in [2.45, 2.75) is 283 Å². The molecule has 0 rings (SSSR count). The minimum absolute atomic E-state index is 0.0462. The number of amides is 1. The van der Waals surface area contributed by atoms with Crippen LogP contribution in [0.3, 0.4) is 0 Å². The SMILES string of the molecule is CCCCC/C=C\C/C=C\C/C=C\C/C=C\CCCCCC(=O)OC(CCCCCC/C=C\C/C=C\C/C=C\CCCCC)CC(=O)NC(CO)C(O)CCCCCCCCCCCCCC. The van der Waals surface area contributed by atoms with Crippen molar-refractivity contribution in [3.8, 4) is 0 Å². The number of hydrogen-bond acceptors (Lipinski definition) is 5. The Labute approximate surface area is 414 Å². The van der Waals surface area contributed by atoms with Crippen LogP contribution in [0.2, 0.25) is 0 Å². The van der Waals surface area contributed by atoms with Crippen LogP contribution in [0, 0.1) is 0 Å². The number of ether oxygens (including phenoxy) is 1. The molecule has 0 aliphatic heterocycles. The van der Waals surface area contributed by atoms with Gasteiger partial charge in [0.25, 0.3) is 0 Å². The zero-order valence-corrected chi connectivity index (χ0v) is 44.0. The number of unbranched alkanes of at least 4 members (excludes halogenated alkanes) is 24. The minimum atomic E-state index is -0.804. The van der Waals surface area contributed by atoms with E-state index in [9.17, 15) is 19.8 Å². The maximum absolute atomic E-state index is 13.3. The average Bonchev–Trinajstić information content (AvgIpc) is 3.32. The molecule has 3 unspecified atom stereocenters. The first kappa shape index (κ1) is 64.0. The summed E-state index contributed by atoms with van der Waals surface area (Å²) in [5.74, 6) is -0.532. The summed E-state index contributed by atoms with van der Waals surface area (Å²) < 4.78 is 5.94. The highest BCUT2D eigenvalue weighted by Crippen LogP contribution is 2.17. The molecular formula is C61H107NO5. The van der Waals surface area contributed by atoms with Crippen LogP contribution >= 0.6 is 0 Å². The van der Waals surface area contributed by atoms with E-state index in [2.05, 4.69) is 111 Å². The van der Waals surface area contributed by atoms with Crippen molar-refractivity contribution in [3.63, 3.8) is 0 Å². The molecule has 0 aliphatic carbocycles. The van der Waals surface area contributed by atoms with Crippen LogP contribution < -0.4 is 5.32 Å². The predicted octanol–water partition coefficient (Wildman–Crippen LogP) is 17.5. The zero-order valence-electron chi connectivity index (χ0n) is 44.0. The number of esters is 1. The molecule has 0 aromatic heterocycles. The molecule has 3 N–H and O–H groups in total. The molecule has 67 heavy (non-hydrogen) atoms. The maximum Gasteiger partial charge on any atom is 0.306 e. The summed E-state index contributed by atoms with van der Waals surface area (Å²) in [5.41, 5.74) is 0. The van der Waals surface area contributed by atoms with Gasteiger partial charge in [-0.05, 0) is 109 Å². The van der Waals surface area contributed by atoms with Gasteiger partial charge in [-0.15, -0.1) is 0 Å². The number of allylic oxidation sites excluding steroid dienone is 14. The summed E-state index contributed by atoms with van der Waals surface area (Å²) >= 11 is 0. The molecule has 0 heterocycles. The number of aliphatic hydroxyl groups excluding tert-OH is 2. The number of carbonyl (C=O) groups excluding carboxylic acids is 2. The molecule has 0 fully saturated rings. The number of aliphatic hydroxyl groups is 2. The summed E-state index contributed by atoms with van der Waals surface area (Å²) in [7, 11) is 0. The molecule has 0 bridgehead atoms. The Morgan fingerprint density at radius 3 is 1.18 bits per heavy atom. The third-order valence-corrected chi connectivity index (χ3v) is 12.4. The van der Waals surface area contributed by atoms with E-state index in [0.29, 0.717) is 19.3 Å². The second kappa shape index (κ2) is 54.0. The monoisotopic (exact) mass is 934 g/mol. The van der Waals surface area contributed by atoms with Gasteiger partial charge in [-0.3, -0.25) is 9.59 Å². The quantitative estimate of drug-likeness (QED) is 0.0321. The Hall–Kier alpha value is -2.96. The van der Waals surface area contributed by atoms with Crippen molar-refractivity contribution in [2.24, 2.45) is 0 Å². The molecule has 0 saturated heterocycles. The lowest BCUT2D eigenvalue weighted by molar-refractivity contribution is -0.151. The van der Waals surface area contributed by atoms with Gasteiger partial charge in [0.2, 0.25) is 5.91 Å². The lowest BCUT2D eigenvalue weighted by Gasteiger charge is -2.24. The normalized spacial score (nSPS) is 13.8. The molecule has 6 heteroatoms. The van der Waals surface area contributed by atoms with E-state index in [1.807, 2.05) is 0 Å². The van der Waals surface area contributed by atoms with Crippen molar-refractivity contribution < 1.29 is 24.5 Å². The van der Waals surface area contributed by atoms with Crippen LogP contribution in [-0.2, 0) is 14.3 Å². The molecule has 0 spiro atoms. The number of rotatable bonds is 50. The number of nitrogens with one attached hydrogen (secondary N) is 1. The largest absolute Gasteiger partial charge is 0.462 e. The molecule has 0 saturated carbocycles. The molecule has 0 aromatic carbocycles. The van der Waals surface area contributed by atoms with Crippen LogP contribution in [0.5, 0.6) is 0 Å². The second-order valence-electron chi connectivity index (χ2n) is 19.0. The van der Waals surface area contributed by atoms with Gasteiger partial charge in [0, 0.05) is 6.42 Å². The zero-order chi connectivity index (χ0) is 48.8. The lowest BCUT2D eigenvalue weighted by Crippen LogP contribution is -2.46. The smallest absolute Gasteiger partial charge is 0.306 e. The maximum atomic E-state index is 13.3. The molecule has 0 radical (unpaired) electrons. The van der Waals surface area contributed by atoms with E-state index in [-0.39, 0.29) is 24.9 Å².